The van der Waals surface area contributed by atoms with Crippen molar-refractivity contribution in [2.75, 3.05) is 40.6 Å². The summed E-state index contributed by atoms with van der Waals surface area (Å²) >= 11 is 0. The highest BCUT2D eigenvalue weighted by Gasteiger charge is 2.17. The van der Waals surface area contributed by atoms with Crippen LogP contribution in [0.15, 0.2) is 36.9 Å². The molecule has 0 aliphatic carbocycles. The average Bonchev–Trinajstić information content (AvgIpc) is 3.45. The Morgan fingerprint density at radius 1 is 1.09 bits per heavy atom. The molecule has 35 heavy (non-hydrogen) atoms. The summed E-state index contributed by atoms with van der Waals surface area (Å²) in [4.78, 5) is 9.14. The lowest BCUT2D eigenvalue weighted by Gasteiger charge is -2.11. The van der Waals surface area contributed by atoms with Crippen LogP contribution in [-0.2, 0) is 16.0 Å². The minimum atomic E-state index is 0.0558. The van der Waals surface area contributed by atoms with Crippen molar-refractivity contribution in [3.05, 3.63) is 42.5 Å². The Labute approximate surface area is 202 Å². The lowest BCUT2D eigenvalue weighted by Crippen LogP contribution is -2.11. The van der Waals surface area contributed by atoms with E-state index in [-0.39, 0.29) is 12.4 Å². The predicted octanol–water partition coefficient (Wildman–Crippen LogP) is 2.87. The number of nitrogens with zero attached hydrogens (tertiary/aromatic N) is 6. The molecule has 0 aliphatic rings. The van der Waals surface area contributed by atoms with E-state index in [1.54, 1.807) is 43.6 Å². The third kappa shape index (κ3) is 5.18. The Bertz CT molecular complexity index is 1360. The summed E-state index contributed by atoms with van der Waals surface area (Å²) in [6, 6.07) is 5.73. The van der Waals surface area contributed by atoms with Crippen LogP contribution in [0.25, 0.3) is 27.8 Å². The van der Waals surface area contributed by atoms with Crippen LogP contribution < -0.4 is 9.47 Å². The highest BCUT2D eigenvalue weighted by molar-refractivity contribution is 5.90. The molecular weight excluding hydrogens is 452 g/mol. The van der Waals surface area contributed by atoms with Gasteiger partial charge in [-0.3, -0.25) is 9.25 Å². The first-order chi connectivity index (χ1) is 17.0. The van der Waals surface area contributed by atoms with E-state index < -0.39 is 0 Å². The van der Waals surface area contributed by atoms with Gasteiger partial charge in [-0.2, -0.15) is 10.4 Å². The van der Waals surface area contributed by atoms with Crippen molar-refractivity contribution in [3.8, 4) is 40.5 Å². The van der Waals surface area contributed by atoms with E-state index in [2.05, 4.69) is 10.1 Å². The molecule has 1 N–H and O–H groups in total. The molecule has 0 bridgehead atoms. The van der Waals surface area contributed by atoms with Gasteiger partial charge in [0.25, 0.3) is 5.88 Å². The second-order valence-electron chi connectivity index (χ2n) is 7.65. The minimum absolute atomic E-state index is 0.0558. The number of fused-ring (bicyclic) bond motifs is 1. The van der Waals surface area contributed by atoms with Gasteiger partial charge < -0.3 is 24.1 Å². The second-order valence-corrected chi connectivity index (χ2v) is 7.65. The molecule has 0 aromatic carbocycles. The maximum Gasteiger partial charge on any atom is 0.257 e. The number of ether oxygens (including phenoxy) is 4. The molecule has 0 saturated carbocycles. The molecule has 0 saturated heterocycles. The summed E-state index contributed by atoms with van der Waals surface area (Å²) in [6.07, 6.45) is 6.68. The van der Waals surface area contributed by atoms with E-state index in [0.717, 1.165) is 11.1 Å². The van der Waals surface area contributed by atoms with Gasteiger partial charge in [-0.15, -0.1) is 0 Å². The molecule has 0 atom stereocenters. The molecule has 4 rings (SSSR count). The Balaban J connectivity index is 1.59. The molecule has 11 heteroatoms. The van der Waals surface area contributed by atoms with Gasteiger partial charge in [0.2, 0.25) is 5.88 Å². The number of hydrogen-bond donors (Lipinski definition) is 1. The summed E-state index contributed by atoms with van der Waals surface area (Å²) in [5, 5.41) is 24.5. The number of hydrogen-bond acceptors (Lipinski definition) is 9. The molecule has 0 amide bonds. The maximum atomic E-state index is 10.8. The number of aryl methyl sites for hydroxylation is 1. The van der Waals surface area contributed by atoms with Gasteiger partial charge >= 0.3 is 0 Å². The summed E-state index contributed by atoms with van der Waals surface area (Å²) in [5.74, 6) is 0.895. The number of methoxy groups -OCH3 is 2. The standard InChI is InChI=1S/C24H26N6O5/c1-16-10-19(17-11-21(33-3)23(26-12-17)35-9-8-34-7-6-32-2)28-20-15-30(24(31)22(16)20)18-13-27-29(14-18)5-4-25/h10-15,31H,5-9H2,1-3H3. The maximum absolute atomic E-state index is 10.8. The number of pyridine rings is 2. The highest BCUT2D eigenvalue weighted by atomic mass is 16.6. The van der Waals surface area contributed by atoms with Gasteiger partial charge in [0.05, 0.1) is 67.7 Å². The first-order valence-corrected chi connectivity index (χ1v) is 10.9. The van der Waals surface area contributed by atoms with Crippen molar-refractivity contribution in [2.24, 2.45) is 0 Å². The van der Waals surface area contributed by atoms with E-state index in [9.17, 15) is 5.11 Å². The van der Waals surface area contributed by atoms with Crippen LogP contribution in [-0.4, -0.2) is 70.1 Å². The fourth-order valence-corrected chi connectivity index (χ4v) is 3.63. The third-order valence-corrected chi connectivity index (χ3v) is 5.31. The van der Waals surface area contributed by atoms with Gasteiger partial charge in [0.15, 0.2) is 5.75 Å². The minimum Gasteiger partial charge on any atom is -0.494 e. The Morgan fingerprint density at radius 2 is 1.91 bits per heavy atom. The van der Waals surface area contributed by atoms with E-state index in [1.807, 2.05) is 25.1 Å². The lowest BCUT2D eigenvalue weighted by molar-refractivity contribution is 0.0532. The summed E-state index contributed by atoms with van der Waals surface area (Å²) in [5.41, 5.74) is 3.50. The Kier molecular flexibility index (Phi) is 7.45. The monoisotopic (exact) mass is 478 g/mol. The quantitative estimate of drug-likeness (QED) is 0.323. The molecule has 0 unspecified atom stereocenters. The number of nitriles is 1. The van der Waals surface area contributed by atoms with E-state index >= 15 is 0 Å². The molecular formula is C24H26N6O5. The van der Waals surface area contributed by atoms with Crippen LogP contribution in [0.3, 0.4) is 0 Å². The van der Waals surface area contributed by atoms with Crippen molar-refractivity contribution < 1.29 is 24.1 Å². The highest BCUT2D eigenvalue weighted by Crippen LogP contribution is 2.35. The zero-order chi connectivity index (χ0) is 24.8. The van der Waals surface area contributed by atoms with Crippen LogP contribution in [0, 0.1) is 18.3 Å². The molecule has 4 heterocycles. The Morgan fingerprint density at radius 3 is 2.69 bits per heavy atom. The predicted molar refractivity (Wildman–Crippen MR) is 127 cm³/mol. The van der Waals surface area contributed by atoms with Crippen LogP contribution in [0.2, 0.25) is 0 Å². The zero-order valence-corrected chi connectivity index (χ0v) is 19.8. The van der Waals surface area contributed by atoms with Crippen molar-refractivity contribution in [1.29, 1.82) is 5.26 Å². The molecule has 0 spiro atoms. The molecule has 0 aliphatic heterocycles. The third-order valence-electron chi connectivity index (χ3n) is 5.31. The van der Waals surface area contributed by atoms with E-state index in [0.29, 0.717) is 60.3 Å². The molecule has 0 radical (unpaired) electrons. The molecule has 4 aromatic rings. The fourth-order valence-electron chi connectivity index (χ4n) is 3.63. The Hall–Kier alpha value is -4.14. The van der Waals surface area contributed by atoms with Crippen molar-refractivity contribution >= 4 is 10.9 Å². The second kappa shape index (κ2) is 10.9. The molecule has 4 aromatic heterocycles. The van der Waals surface area contributed by atoms with E-state index in [1.165, 1.54) is 4.68 Å². The van der Waals surface area contributed by atoms with Crippen LogP contribution in [0.4, 0.5) is 0 Å². The van der Waals surface area contributed by atoms with Gasteiger partial charge in [-0.25, -0.2) is 9.97 Å². The van der Waals surface area contributed by atoms with E-state index in [4.69, 9.17) is 29.2 Å². The van der Waals surface area contributed by atoms with Gasteiger partial charge in [-0.1, -0.05) is 0 Å². The first kappa shape index (κ1) is 24.0. The normalized spacial score (nSPS) is 11.0. The molecule has 0 fully saturated rings. The molecule has 11 nitrogen and oxygen atoms in total. The first-order valence-electron chi connectivity index (χ1n) is 10.9. The summed E-state index contributed by atoms with van der Waals surface area (Å²) in [7, 11) is 3.17. The van der Waals surface area contributed by atoms with Gasteiger partial charge in [0, 0.05) is 25.1 Å². The molecule has 182 valence electrons. The van der Waals surface area contributed by atoms with Crippen LogP contribution in [0.5, 0.6) is 17.5 Å². The number of rotatable bonds is 11. The van der Waals surface area contributed by atoms with Crippen LogP contribution >= 0.6 is 0 Å². The van der Waals surface area contributed by atoms with Crippen LogP contribution in [0.1, 0.15) is 5.56 Å². The van der Waals surface area contributed by atoms with Crippen molar-refractivity contribution in [1.82, 2.24) is 24.3 Å². The number of aromatic nitrogens is 5. The average molecular weight is 479 g/mol. The van der Waals surface area contributed by atoms with Gasteiger partial charge in [0.1, 0.15) is 13.2 Å². The van der Waals surface area contributed by atoms with Gasteiger partial charge in [-0.05, 0) is 24.6 Å². The summed E-state index contributed by atoms with van der Waals surface area (Å²) < 4.78 is 24.6. The van der Waals surface area contributed by atoms with Crippen molar-refractivity contribution in [2.45, 2.75) is 13.5 Å². The number of aromatic hydroxyl groups is 1. The fraction of sp³-hybridized carbons (Fsp3) is 0.333. The van der Waals surface area contributed by atoms with Crippen molar-refractivity contribution in [3.63, 3.8) is 0 Å². The summed E-state index contributed by atoms with van der Waals surface area (Å²) in [6.45, 7) is 3.78. The lowest BCUT2D eigenvalue weighted by atomic mass is 10.1. The largest absolute Gasteiger partial charge is 0.494 e. The zero-order valence-electron chi connectivity index (χ0n) is 19.8. The smallest absolute Gasteiger partial charge is 0.257 e. The topological polar surface area (TPSA) is 129 Å². The SMILES string of the molecule is COCCOCCOc1ncc(-c2cc(C)c3c(O)n(-c4cnn(CC#N)c4)cc3n2)cc1OC.